The molecule has 1 aromatic heterocycles. The van der Waals surface area contributed by atoms with Gasteiger partial charge in [-0.3, -0.25) is 9.78 Å². The van der Waals surface area contributed by atoms with Crippen molar-refractivity contribution < 1.29 is 22.6 Å². The minimum absolute atomic E-state index is 0.108. The predicted molar refractivity (Wildman–Crippen MR) is 60.9 cm³/mol. The monoisotopic (exact) mass is 281 g/mol. The molecule has 1 heterocycles. The van der Waals surface area contributed by atoms with Crippen molar-refractivity contribution in [1.29, 1.82) is 0 Å². The highest BCUT2D eigenvalue weighted by Crippen LogP contribution is 2.27. The number of hydrogen-bond donors (Lipinski definition) is 1. The topological polar surface area (TPSA) is 67.5 Å². The lowest BCUT2D eigenvalue weighted by Crippen LogP contribution is -2.34. The maximum Gasteiger partial charge on any atom is 0.433 e. The smallest absolute Gasteiger partial charge is 0.354 e. The third-order valence-electron chi connectivity index (χ3n) is 2.33. The Kier molecular flexibility index (Phi) is 4.90. The van der Waals surface area contributed by atoms with E-state index in [-0.39, 0.29) is 12.5 Å². The van der Waals surface area contributed by atoms with Gasteiger partial charge in [0.1, 0.15) is 0 Å². The van der Waals surface area contributed by atoms with Gasteiger partial charge in [-0.25, -0.2) is 4.98 Å². The van der Waals surface area contributed by atoms with E-state index in [9.17, 15) is 18.0 Å². The summed E-state index contributed by atoms with van der Waals surface area (Å²) >= 11 is 0. The fourth-order valence-corrected chi connectivity index (χ4v) is 1.33. The van der Waals surface area contributed by atoms with Crippen LogP contribution in [0.2, 0.25) is 0 Å². The largest absolute Gasteiger partial charge is 0.433 e. The molecule has 0 spiro atoms. The quantitative estimate of drug-likeness (QED) is 0.810. The Morgan fingerprint density at radius 2 is 2.00 bits per heavy atom. The van der Waals surface area contributed by atoms with Crippen molar-refractivity contribution in [3.05, 3.63) is 22.1 Å². The minimum Gasteiger partial charge on any atom is -0.354 e. The second-order valence-corrected chi connectivity index (χ2v) is 3.73. The molecule has 9 heteroatoms. The van der Waals surface area contributed by atoms with Crippen LogP contribution < -0.4 is 10.5 Å². The van der Waals surface area contributed by atoms with Crippen LogP contribution in [0.25, 0.3) is 0 Å². The second kappa shape index (κ2) is 6.02. The van der Waals surface area contributed by atoms with E-state index in [0.29, 0.717) is 6.07 Å². The van der Waals surface area contributed by atoms with Crippen molar-refractivity contribution >= 4 is 5.95 Å². The third-order valence-corrected chi connectivity index (χ3v) is 2.33. The molecular weight excluding hydrogens is 267 g/mol. The summed E-state index contributed by atoms with van der Waals surface area (Å²) in [6.07, 6.45) is -5.32. The fraction of sp³-hybridized carbons (Fsp3) is 0.600. The van der Waals surface area contributed by atoms with Gasteiger partial charge in [-0.1, -0.05) is 0 Å². The Balaban J connectivity index is 3.00. The van der Waals surface area contributed by atoms with Gasteiger partial charge in [-0.15, -0.1) is 0 Å². The molecule has 0 bridgehead atoms. The Bertz CT molecular complexity index is 471. The van der Waals surface area contributed by atoms with Gasteiger partial charge in [0.05, 0.1) is 6.54 Å². The summed E-state index contributed by atoms with van der Waals surface area (Å²) in [5.41, 5.74) is -2.12. The molecule has 0 fully saturated rings. The molecule has 0 aliphatic heterocycles. The lowest BCUT2D eigenvalue weighted by Gasteiger charge is -2.22. The fourth-order valence-electron chi connectivity index (χ4n) is 1.33. The second-order valence-electron chi connectivity index (χ2n) is 3.73. The number of aromatic amines is 1. The highest BCUT2D eigenvalue weighted by molar-refractivity contribution is 5.29. The van der Waals surface area contributed by atoms with Crippen LogP contribution in [0.5, 0.6) is 0 Å². The van der Waals surface area contributed by atoms with Gasteiger partial charge in [-0.05, 0) is 0 Å². The Morgan fingerprint density at radius 3 is 2.47 bits per heavy atom. The molecule has 0 aliphatic carbocycles. The van der Waals surface area contributed by atoms with Crippen LogP contribution in [0.3, 0.4) is 0 Å². The number of anilines is 1. The minimum atomic E-state index is -4.67. The van der Waals surface area contributed by atoms with E-state index in [4.69, 9.17) is 9.47 Å². The van der Waals surface area contributed by atoms with Crippen molar-refractivity contribution in [3.63, 3.8) is 0 Å². The summed E-state index contributed by atoms with van der Waals surface area (Å²) in [6.45, 7) is 0.108. The number of aromatic nitrogens is 2. The number of likely N-dealkylation sites (N-methyl/N-ethyl adjacent to an activating group) is 1. The predicted octanol–water partition coefficient (Wildman–Crippen LogP) is 0.844. The van der Waals surface area contributed by atoms with Gasteiger partial charge in [0.25, 0.3) is 5.56 Å². The van der Waals surface area contributed by atoms with Crippen LogP contribution in [-0.4, -0.2) is 44.1 Å². The highest BCUT2D eigenvalue weighted by atomic mass is 19.4. The van der Waals surface area contributed by atoms with E-state index in [2.05, 4.69) is 9.97 Å². The zero-order valence-corrected chi connectivity index (χ0v) is 10.6. The van der Waals surface area contributed by atoms with Crippen LogP contribution in [0.1, 0.15) is 5.69 Å². The van der Waals surface area contributed by atoms with Gasteiger partial charge in [0.2, 0.25) is 5.95 Å². The summed E-state index contributed by atoms with van der Waals surface area (Å²) in [5, 5.41) is 0. The molecule has 0 aromatic carbocycles. The summed E-state index contributed by atoms with van der Waals surface area (Å²) in [6, 6.07) is 0.404. The molecular formula is C10H14F3N3O3. The van der Waals surface area contributed by atoms with Crippen molar-refractivity contribution in [2.24, 2.45) is 0 Å². The van der Waals surface area contributed by atoms with E-state index in [0.717, 1.165) is 0 Å². The van der Waals surface area contributed by atoms with Crippen LogP contribution in [0.4, 0.5) is 19.1 Å². The molecule has 0 atom stereocenters. The lowest BCUT2D eigenvalue weighted by molar-refractivity contribution is -0.141. The summed E-state index contributed by atoms with van der Waals surface area (Å²) in [7, 11) is 4.25. The zero-order valence-electron chi connectivity index (χ0n) is 10.6. The number of alkyl halides is 3. The molecule has 1 aromatic rings. The van der Waals surface area contributed by atoms with E-state index in [1.54, 1.807) is 0 Å². The average Bonchev–Trinajstić information content (AvgIpc) is 2.33. The van der Waals surface area contributed by atoms with Crippen LogP contribution in [0.15, 0.2) is 10.9 Å². The first kappa shape index (κ1) is 15.4. The zero-order chi connectivity index (χ0) is 14.6. The lowest BCUT2D eigenvalue weighted by atomic mass is 10.4. The van der Waals surface area contributed by atoms with Crippen LogP contribution in [0, 0.1) is 0 Å². The molecule has 0 aliphatic rings. The number of hydrogen-bond acceptors (Lipinski definition) is 5. The standard InChI is InChI=1S/C10H14F3N3O3/c1-16(5-8(18-2)19-3)9-14-6(10(11,12)13)4-7(17)15-9/h4,8H,5H2,1-3H3,(H,14,15,17). The van der Waals surface area contributed by atoms with Gasteiger partial charge in [0, 0.05) is 27.3 Å². The maximum atomic E-state index is 12.5. The maximum absolute atomic E-state index is 12.5. The number of halogens is 3. The van der Waals surface area contributed by atoms with Crippen molar-refractivity contribution in [2.75, 3.05) is 32.7 Å². The first-order valence-electron chi connectivity index (χ1n) is 5.23. The Hall–Kier alpha value is -1.61. The van der Waals surface area contributed by atoms with E-state index < -0.39 is 23.7 Å². The van der Waals surface area contributed by atoms with Gasteiger partial charge in [0.15, 0.2) is 12.0 Å². The molecule has 6 nitrogen and oxygen atoms in total. The first-order chi connectivity index (χ1) is 8.77. The first-order valence-corrected chi connectivity index (χ1v) is 5.23. The molecule has 0 saturated heterocycles. The van der Waals surface area contributed by atoms with Crippen LogP contribution >= 0.6 is 0 Å². The van der Waals surface area contributed by atoms with Crippen molar-refractivity contribution in [3.8, 4) is 0 Å². The molecule has 0 saturated carbocycles. The van der Waals surface area contributed by atoms with Gasteiger partial charge >= 0.3 is 6.18 Å². The van der Waals surface area contributed by atoms with Gasteiger partial charge in [-0.2, -0.15) is 13.2 Å². The molecule has 0 amide bonds. The summed E-state index contributed by atoms with van der Waals surface area (Å²) in [5.74, 6) is -0.209. The van der Waals surface area contributed by atoms with E-state index in [1.165, 1.54) is 26.2 Å². The average molecular weight is 281 g/mol. The normalized spacial score (nSPS) is 11.9. The van der Waals surface area contributed by atoms with Crippen LogP contribution in [-0.2, 0) is 15.7 Å². The molecule has 1 N–H and O–H groups in total. The number of nitrogens with one attached hydrogen (secondary N) is 1. The SMILES string of the molecule is COC(CN(C)c1nc(C(F)(F)F)cc(=O)[nH]1)OC. The van der Waals surface area contributed by atoms with Crippen molar-refractivity contribution in [2.45, 2.75) is 12.5 Å². The number of nitrogens with zero attached hydrogens (tertiary/aromatic N) is 2. The van der Waals surface area contributed by atoms with E-state index in [1.807, 2.05) is 0 Å². The number of ether oxygens (including phenoxy) is 2. The summed E-state index contributed by atoms with van der Waals surface area (Å²) < 4.78 is 47.4. The molecule has 0 radical (unpaired) electrons. The molecule has 1 rings (SSSR count). The number of rotatable bonds is 5. The number of methoxy groups -OCH3 is 2. The van der Waals surface area contributed by atoms with Crippen molar-refractivity contribution in [1.82, 2.24) is 9.97 Å². The highest BCUT2D eigenvalue weighted by Gasteiger charge is 2.33. The summed E-state index contributed by atoms with van der Waals surface area (Å²) in [4.78, 5) is 18.1. The Labute approximate surface area is 107 Å². The third kappa shape index (κ3) is 4.21. The molecule has 19 heavy (non-hydrogen) atoms. The molecule has 108 valence electrons. The number of H-pyrrole nitrogens is 1. The van der Waals surface area contributed by atoms with E-state index >= 15 is 0 Å². The molecule has 0 unspecified atom stereocenters. The Morgan fingerprint density at radius 1 is 1.42 bits per heavy atom. The van der Waals surface area contributed by atoms with Gasteiger partial charge < -0.3 is 14.4 Å².